The summed E-state index contributed by atoms with van der Waals surface area (Å²) in [6.45, 7) is 4.02. The molecule has 1 saturated heterocycles. The second-order valence-corrected chi connectivity index (χ2v) is 9.27. The number of ether oxygens (including phenoxy) is 2. The number of fused-ring (bicyclic) bond motifs is 1. The van der Waals surface area contributed by atoms with Crippen molar-refractivity contribution in [3.8, 4) is 11.8 Å². The minimum absolute atomic E-state index is 0.127. The fourth-order valence-electron chi connectivity index (χ4n) is 4.67. The molecule has 36 heavy (non-hydrogen) atoms. The van der Waals surface area contributed by atoms with E-state index in [-0.39, 0.29) is 23.3 Å². The normalized spacial score (nSPS) is 27.9. The zero-order valence-electron chi connectivity index (χ0n) is 20.4. The Hall–Kier alpha value is -3.27. The fraction of sp³-hybridized carbons (Fsp3) is 0.625. The molecule has 1 aliphatic heterocycles. The van der Waals surface area contributed by atoms with Gasteiger partial charge in [0.05, 0.1) is 12.9 Å². The van der Waals surface area contributed by atoms with Crippen molar-refractivity contribution in [2.75, 3.05) is 18.9 Å². The van der Waals surface area contributed by atoms with Gasteiger partial charge in [-0.1, -0.05) is 5.92 Å². The summed E-state index contributed by atoms with van der Waals surface area (Å²) >= 11 is 0. The van der Waals surface area contributed by atoms with E-state index >= 15 is 0 Å². The molecular weight excluding hydrogens is 468 g/mol. The second-order valence-electron chi connectivity index (χ2n) is 9.27. The maximum absolute atomic E-state index is 12.2. The highest BCUT2D eigenvalue weighted by atomic mass is 16.6. The summed E-state index contributed by atoms with van der Waals surface area (Å²) in [7, 11) is 0. The van der Waals surface area contributed by atoms with Crippen LogP contribution < -0.4 is 11.1 Å². The number of carbonyl (C=O) groups is 2. The smallest absolute Gasteiger partial charge is 0.302 e. The van der Waals surface area contributed by atoms with Gasteiger partial charge in [0.1, 0.15) is 17.7 Å². The first-order valence-corrected chi connectivity index (χ1v) is 12.2. The minimum Gasteiger partial charge on any atom is -0.466 e. The van der Waals surface area contributed by atoms with E-state index in [1.807, 2.05) is 0 Å². The Bertz CT molecular complexity index is 1170. The van der Waals surface area contributed by atoms with Gasteiger partial charge in [-0.25, -0.2) is 15.0 Å². The molecule has 1 unspecified atom stereocenters. The summed E-state index contributed by atoms with van der Waals surface area (Å²) in [5.41, 5.74) is 6.67. The number of nitrogens with one attached hydrogen (secondary N) is 1. The zero-order chi connectivity index (χ0) is 25.8. The number of nitrogens with two attached hydrogens (primary N) is 1. The van der Waals surface area contributed by atoms with Crippen LogP contribution in [0.15, 0.2) is 6.33 Å². The van der Waals surface area contributed by atoms with E-state index in [4.69, 9.17) is 15.2 Å². The summed E-state index contributed by atoms with van der Waals surface area (Å²) in [4.78, 5) is 36.1. The second kappa shape index (κ2) is 11.2. The number of hydrogen-bond donors (Lipinski definition) is 4. The van der Waals surface area contributed by atoms with E-state index in [9.17, 15) is 19.8 Å². The molecule has 4 rings (SSSR count). The van der Waals surface area contributed by atoms with Gasteiger partial charge in [0.25, 0.3) is 5.91 Å². The van der Waals surface area contributed by atoms with Gasteiger partial charge in [0.15, 0.2) is 23.8 Å². The minimum atomic E-state index is -1.42. The Balaban J connectivity index is 1.45. The van der Waals surface area contributed by atoms with E-state index in [1.165, 1.54) is 17.8 Å². The predicted molar refractivity (Wildman–Crippen MR) is 128 cm³/mol. The van der Waals surface area contributed by atoms with E-state index in [0.717, 1.165) is 25.7 Å². The van der Waals surface area contributed by atoms with Crippen LogP contribution in [-0.2, 0) is 19.1 Å². The molecule has 0 radical (unpaired) electrons. The molecule has 1 amide bonds. The zero-order valence-corrected chi connectivity index (χ0v) is 20.4. The van der Waals surface area contributed by atoms with Gasteiger partial charge in [-0.05, 0) is 50.4 Å². The lowest BCUT2D eigenvalue weighted by molar-refractivity contribution is -0.142. The van der Waals surface area contributed by atoms with Crippen molar-refractivity contribution in [2.24, 2.45) is 11.8 Å². The number of carbonyl (C=O) groups excluding carboxylic acids is 2. The number of nitrogens with zero attached hydrogens (tertiary/aromatic N) is 4. The Labute approximate surface area is 208 Å². The van der Waals surface area contributed by atoms with Crippen LogP contribution in [0.25, 0.3) is 11.2 Å². The molecule has 12 heteroatoms. The van der Waals surface area contributed by atoms with Crippen molar-refractivity contribution in [2.45, 2.75) is 70.5 Å². The molecular formula is C24H32N6O6. The number of amides is 1. The lowest BCUT2D eigenvalue weighted by Gasteiger charge is -2.26. The molecule has 5 N–H and O–H groups in total. The quantitative estimate of drug-likeness (QED) is 0.318. The molecule has 3 heterocycles. The van der Waals surface area contributed by atoms with Crippen molar-refractivity contribution in [3.63, 3.8) is 0 Å². The number of esters is 1. The molecule has 1 saturated carbocycles. The number of rotatable bonds is 6. The highest BCUT2D eigenvalue weighted by Crippen LogP contribution is 2.33. The van der Waals surface area contributed by atoms with Crippen molar-refractivity contribution in [3.05, 3.63) is 12.2 Å². The third-order valence-electron chi connectivity index (χ3n) is 6.65. The molecule has 0 bridgehead atoms. The topological polar surface area (TPSA) is 175 Å². The third-order valence-corrected chi connectivity index (χ3v) is 6.65. The average Bonchev–Trinajstić information content (AvgIpc) is 3.40. The molecule has 2 aliphatic rings. The van der Waals surface area contributed by atoms with Gasteiger partial charge in [0, 0.05) is 19.9 Å². The molecule has 0 spiro atoms. The molecule has 12 nitrogen and oxygen atoms in total. The first-order chi connectivity index (χ1) is 17.3. The molecule has 4 atom stereocenters. The first kappa shape index (κ1) is 25.8. The van der Waals surface area contributed by atoms with Crippen molar-refractivity contribution in [1.82, 2.24) is 24.8 Å². The fourth-order valence-corrected chi connectivity index (χ4v) is 4.67. The number of nitrogen functional groups attached to an aromatic ring is 1. The Kier molecular flexibility index (Phi) is 8.03. The lowest BCUT2D eigenvalue weighted by atomic mass is 9.81. The van der Waals surface area contributed by atoms with Crippen LogP contribution in [0.4, 0.5) is 5.82 Å². The first-order valence-electron chi connectivity index (χ1n) is 12.2. The number of anilines is 1. The van der Waals surface area contributed by atoms with Crippen LogP contribution in [0, 0.1) is 23.7 Å². The van der Waals surface area contributed by atoms with Gasteiger partial charge in [-0.3, -0.25) is 14.2 Å². The van der Waals surface area contributed by atoms with Gasteiger partial charge in [-0.15, -0.1) is 0 Å². The molecule has 1 aliphatic carbocycles. The van der Waals surface area contributed by atoms with Crippen LogP contribution >= 0.6 is 0 Å². The van der Waals surface area contributed by atoms with Crippen LogP contribution in [0.1, 0.15) is 58.0 Å². The monoisotopic (exact) mass is 500 g/mol. The summed E-state index contributed by atoms with van der Waals surface area (Å²) in [6.07, 6.45) is 0.983. The molecule has 2 aromatic rings. The summed E-state index contributed by atoms with van der Waals surface area (Å²) in [6, 6.07) is 0. The Morgan fingerprint density at radius 3 is 2.64 bits per heavy atom. The molecule has 2 aromatic heterocycles. The van der Waals surface area contributed by atoms with Crippen LogP contribution in [0.3, 0.4) is 0 Å². The Morgan fingerprint density at radius 2 is 1.94 bits per heavy atom. The predicted octanol–water partition coefficient (Wildman–Crippen LogP) is 0.275. The van der Waals surface area contributed by atoms with E-state index in [1.54, 1.807) is 6.92 Å². The number of imidazole rings is 1. The van der Waals surface area contributed by atoms with Gasteiger partial charge >= 0.3 is 5.97 Å². The number of aromatic nitrogens is 4. The van der Waals surface area contributed by atoms with Crippen molar-refractivity contribution < 1.29 is 29.3 Å². The largest absolute Gasteiger partial charge is 0.466 e. The maximum atomic E-state index is 12.2. The highest BCUT2D eigenvalue weighted by molar-refractivity contribution is 5.83. The van der Waals surface area contributed by atoms with E-state index in [0.29, 0.717) is 36.9 Å². The number of hydrogen-bond acceptors (Lipinski definition) is 10. The van der Waals surface area contributed by atoms with Crippen molar-refractivity contribution in [1.29, 1.82) is 0 Å². The van der Waals surface area contributed by atoms with Crippen LogP contribution in [0.5, 0.6) is 0 Å². The average molecular weight is 501 g/mol. The third kappa shape index (κ3) is 5.59. The van der Waals surface area contributed by atoms with Crippen LogP contribution in [-0.4, -0.2) is 73.1 Å². The van der Waals surface area contributed by atoms with Gasteiger partial charge in [0.2, 0.25) is 5.82 Å². The van der Waals surface area contributed by atoms with Gasteiger partial charge < -0.3 is 30.7 Å². The standard InChI is InChI=1S/C24H32N6O6/c1-3-26-23(34)20-18(32)19(33)24(36-20)30-12-27-17-21(25)28-16(29-22(17)30)6-4-5-14-7-9-15(10-8-14)11-35-13(2)31/h12,14-15,18-20,24,32-33H,3,5,7-11H2,1-2H3,(H,26,34)(H2,25,28,29)/t14?,15?,18-,19+,20-,24?/m0/s1. The summed E-state index contributed by atoms with van der Waals surface area (Å²) in [5.74, 6) is 6.54. The van der Waals surface area contributed by atoms with Gasteiger partial charge in [-0.2, -0.15) is 0 Å². The SMILES string of the molecule is CCNC(=O)[C@H]1OC(n2cnc3c(N)nc(C#CCC4CCC(COC(C)=O)CC4)nc32)[C@H](O)[C@@H]1O. The van der Waals surface area contributed by atoms with E-state index in [2.05, 4.69) is 32.1 Å². The summed E-state index contributed by atoms with van der Waals surface area (Å²) in [5, 5.41) is 23.5. The van der Waals surface area contributed by atoms with E-state index < -0.39 is 30.4 Å². The number of likely N-dealkylation sites (N-methyl/N-ethyl adjacent to an activating group) is 1. The molecule has 194 valence electrons. The maximum Gasteiger partial charge on any atom is 0.302 e. The molecule has 2 fully saturated rings. The molecule has 0 aromatic carbocycles. The van der Waals surface area contributed by atoms with Crippen LogP contribution in [0.2, 0.25) is 0 Å². The Morgan fingerprint density at radius 1 is 1.22 bits per heavy atom. The number of aliphatic hydroxyl groups is 2. The highest BCUT2D eigenvalue weighted by Gasteiger charge is 2.47. The lowest BCUT2D eigenvalue weighted by Crippen LogP contribution is -2.42. The summed E-state index contributed by atoms with van der Waals surface area (Å²) < 4.78 is 12.2. The van der Waals surface area contributed by atoms with Crippen molar-refractivity contribution >= 4 is 28.9 Å². The number of aliphatic hydroxyl groups excluding tert-OH is 2.